The number of nitrogens with zero attached hydrogens (tertiary/aromatic N) is 3. The maximum Gasteiger partial charge on any atom is 0.455 e. The number of alkyl halides is 5. The van der Waals surface area contributed by atoms with Crippen molar-refractivity contribution in [3.8, 4) is 0 Å². The molecule has 1 aromatic rings. The Balaban J connectivity index is 2.61. The van der Waals surface area contributed by atoms with Gasteiger partial charge in [0.05, 0.1) is 6.54 Å². The van der Waals surface area contributed by atoms with E-state index in [-0.39, 0.29) is 0 Å². The van der Waals surface area contributed by atoms with Crippen molar-refractivity contribution in [2.45, 2.75) is 18.6 Å². The van der Waals surface area contributed by atoms with E-state index in [1.807, 2.05) is 0 Å². The molecule has 20 heavy (non-hydrogen) atoms. The summed E-state index contributed by atoms with van der Waals surface area (Å²) in [7, 11) is 0. The van der Waals surface area contributed by atoms with E-state index >= 15 is 0 Å². The lowest BCUT2D eigenvalue weighted by Gasteiger charge is -2.19. The Bertz CT molecular complexity index is 512. The van der Waals surface area contributed by atoms with Crippen molar-refractivity contribution in [3.63, 3.8) is 0 Å². The van der Waals surface area contributed by atoms with E-state index in [0.29, 0.717) is 4.57 Å². The van der Waals surface area contributed by atoms with Crippen LogP contribution in [0, 0.1) is 10.1 Å². The summed E-state index contributed by atoms with van der Waals surface area (Å²) in [5.41, 5.74) is 0. The summed E-state index contributed by atoms with van der Waals surface area (Å²) in [6, 6.07) is 0. The van der Waals surface area contributed by atoms with Gasteiger partial charge in [-0.1, -0.05) is 4.98 Å². The summed E-state index contributed by atoms with van der Waals surface area (Å²) in [6.07, 6.45) is -3.80. The van der Waals surface area contributed by atoms with Crippen molar-refractivity contribution in [2.24, 2.45) is 0 Å². The molecule has 112 valence electrons. The second kappa shape index (κ2) is 5.38. The van der Waals surface area contributed by atoms with Crippen LogP contribution in [0.3, 0.4) is 0 Å². The number of amides is 1. The second-order valence-electron chi connectivity index (χ2n) is 3.59. The van der Waals surface area contributed by atoms with Gasteiger partial charge in [-0.15, -0.1) is 0 Å². The van der Waals surface area contributed by atoms with E-state index in [0.717, 1.165) is 12.4 Å². The number of carbonyl (C=O) groups is 1. The highest BCUT2D eigenvalue weighted by Gasteiger charge is 2.57. The quantitative estimate of drug-likeness (QED) is 0.501. The summed E-state index contributed by atoms with van der Waals surface area (Å²) in [6.45, 7) is -2.75. The molecule has 1 heterocycles. The standard InChI is InChI=1S/C8H7F5N4O3/c9-7(10,8(11,12)13)4-15-5(18)3-16-2-1-14-6(16)17(19)20/h1-2H,3-4H2,(H,15,18)/i9-1,10-1,11-1. The number of aromatic nitrogens is 2. The first-order valence-corrected chi connectivity index (χ1v) is 4.91. The van der Waals surface area contributed by atoms with Crippen molar-refractivity contribution < 1.29 is 31.7 Å². The molecule has 0 saturated heterocycles. The van der Waals surface area contributed by atoms with Gasteiger partial charge in [0.25, 0.3) is 5.91 Å². The zero-order valence-electron chi connectivity index (χ0n) is 9.53. The number of nitro groups is 1. The van der Waals surface area contributed by atoms with Crippen LogP contribution in [0.1, 0.15) is 0 Å². The Morgan fingerprint density at radius 2 is 2.00 bits per heavy atom. The first-order valence-electron chi connectivity index (χ1n) is 4.91. The van der Waals surface area contributed by atoms with Crippen LogP contribution in [-0.4, -0.2) is 39.0 Å². The van der Waals surface area contributed by atoms with Gasteiger partial charge in [0.15, 0.2) is 6.54 Å². The molecule has 0 radical (unpaired) electrons. The SMILES string of the molecule is O=C(Cn1ccnc1[N+](=O)[O-])NCC([18F])([18F])C(F)(F)[18F]. The minimum absolute atomic E-state index is 0.696. The molecular weight excluding hydrogens is 292 g/mol. The van der Waals surface area contributed by atoms with Crippen LogP contribution < -0.4 is 5.32 Å². The highest BCUT2D eigenvalue weighted by Crippen LogP contribution is 2.34. The van der Waals surface area contributed by atoms with Crippen LogP contribution in [0.15, 0.2) is 12.4 Å². The maximum absolute atomic E-state index is 12.5. The Morgan fingerprint density at radius 3 is 2.50 bits per heavy atom. The molecule has 7 nitrogen and oxygen atoms in total. The average molecular weight is 299 g/mol. The molecule has 0 aromatic carbocycles. The maximum atomic E-state index is 12.5. The number of nitrogens with one attached hydrogen (secondary N) is 1. The van der Waals surface area contributed by atoms with Gasteiger partial charge in [0.2, 0.25) is 0 Å². The number of hydrogen-bond donors (Lipinski definition) is 1. The van der Waals surface area contributed by atoms with Gasteiger partial charge in [-0.25, -0.2) is 4.57 Å². The summed E-state index contributed by atoms with van der Waals surface area (Å²) >= 11 is 0. The normalized spacial score (nSPS) is 12.2. The zero-order valence-corrected chi connectivity index (χ0v) is 9.53. The fraction of sp³-hybridized carbons (Fsp3) is 0.500. The lowest BCUT2D eigenvalue weighted by Crippen LogP contribution is -2.47. The summed E-state index contributed by atoms with van der Waals surface area (Å²) in [5, 5.41) is 11.8. The predicted octanol–water partition coefficient (Wildman–Crippen LogP) is 1.11. The van der Waals surface area contributed by atoms with Crippen LogP contribution in [0.25, 0.3) is 0 Å². The molecule has 1 amide bonds. The summed E-state index contributed by atoms with van der Waals surface area (Å²) < 4.78 is 61.2. The number of carbonyl (C=O) groups excluding carboxylic acids is 1. The van der Waals surface area contributed by atoms with Crippen molar-refractivity contribution in [1.82, 2.24) is 14.9 Å². The molecule has 0 unspecified atom stereocenters. The smallest absolute Gasteiger partial charge is 0.390 e. The Hall–Kier alpha value is -2.27. The van der Waals surface area contributed by atoms with Crippen molar-refractivity contribution in [3.05, 3.63) is 22.5 Å². The van der Waals surface area contributed by atoms with Crippen molar-refractivity contribution in [1.29, 1.82) is 0 Å². The Labute approximate surface area is 107 Å². The van der Waals surface area contributed by atoms with Gasteiger partial charge in [0, 0.05) is 0 Å². The van der Waals surface area contributed by atoms with E-state index in [1.165, 1.54) is 5.32 Å². The van der Waals surface area contributed by atoms with E-state index in [9.17, 15) is 36.9 Å². The fourth-order valence-electron chi connectivity index (χ4n) is 1.12. The molecule has 0 aliphatic carbocycles. The fourth-order valence-corrected chi connectivity index (χ4v) is 1.12. The first-order chi connectivity index (χ1) is 9.04. The Kier molecular flexibility index (Phi) is 4.25. The molecule has 0 bridgehead atoms. The van der Waals surface area contributed by atoms with Crippen LogP contribution >= 0.6 is 0 Å². The molecule has 0 spiro atoms. The molecule has 0 saturated carbocycles. The molecule has 1 aromatic heterocycles. The Morgan fingerprint density at radius 1 is 1.40 bits per heavy atom. The highest BCUT2D eigenvalue weighted by molar-refractivity contribution is 5.76. The van der Waals surface area contributed by atoms with Crippen LogP contribution in [-0.2, 0) is 11.3 Å². The minimum Gasteiger partial charge on any atom is -0.390 e. The van der Waals surface area contributed by atoms with Gasteiger partial charge < -0.3 is 15.4 Å². The van der Waals surface area contributed by atoms with Gasteiger partial charge in [-0.2, -0.15) is 22.0 Å². The molecule has 0 aliphatic heterocycles. The second-order valence-corrected chi connectivity index (χ2v) is 3.59. The van der Waals surface area contributed by atoms with Gasteiger partial charge in [-0.05, 0) is 4.92 Å². The third kappa shape index (κ3) is 3.61. The van der Waals surface area contributed by atoms with Gasteiger partial charge in [0.1, 0.15) is 12.4 Å². The minimum atomic E-state index is -5.79. The van der Waals surface area contributed by atoms with Gasteiger partial charge >= 0.3 is 18.0 Å². The zero-order chi connectivity index (χ0) is 15.6. The van der Waals surface area contributed by atoms with E-state index in [1.54, 1.807) is 0 Å². The van der Waals surface area contributed by atoms with Gasteiger partial charge in [-0.3, -0.25) is 4.79 Å². The van der Waals surface area contributed by atoms with Crippen LogP contribution in [0.4, 0.5) is 27.9 Å². The number of halogens is 5. The molecule has 1 N–H and O–H groups in total. The number of hydrogen-bond acceptors (Lipinski definition) is 4. The largest absolute Gasteiger partial charge is 0.455 e. The topological polar surface area (TPSA) is 90.1 Å². The monoisotopic (exact) mass is 299 g/mol. The highest BCUT2D eigenvalue weighted by atomic mass is 19.3. The predicted molar refractivity (Wildman–Crippen MR) is 52.9 cm³/mol. The molecule has 0 fully saturated rings. The third-order valence-electron chi connectivity index (χ3n) is 2.09. The molecule has 12 heteroatoms. The van der Waals surface area contributed by atoms with E-state index in [4.69, 9.17) is 0 Å². The summed E-state index contributed by atoms with van der Waals surface area (Å²) in [5.74, 6) is -7.05. The number of imidazole rings is 1. The molecule has 0 atom stereocenters. The molecule has 1 rings (SSSR count). The number of rotatable bonds is 5. The van der Waals surface area contributed by atoms with Crippen molar-refractivity contribution >= 4 is 11.9 Å². The molecule has 0 aliphatic rings. The first kappa shape index (κ1) is 15.8. The van der Waals surface area contributed by atoms with Crippen molar-refractivity contribution in [2.75, 3.05) is 6.54 Å². The summed E-state index contributed by atoms with van der Waals surface area (Å²) in [4.78, 5) is 24.0. The third-order valence-corrected chi connectivity index (χ3v) is 2.09. The van der Waals surface area contributed by atoms with Crippen LogP contribution in [0.5, 0.6) is 0 Å². The lowest BCUT2D eigenvalue weighted by atomic mass is 10.3. The van der Waals surface area contributed by atoms with E-state index in [2.05, 4.69) is 4.98 Å². The van der Waals surface area contributed by atoms with Crippen LogP contribution in [0.2, 0.25) is 0 Å². The lowest BCUT2D eigenvalue weighted by molar-refractivity contribution is -0.396. The van der Waals surface area contributed by atoms with E-state index < -0.39 is 42.0 Å². The average Bonchev–Trinajstić information content (AvgIpc) is 2.73. The molecular formula is C8H7F5N4O3.